The summed E-state index contributed by atoms with van der Waals surface area (Å²) >= 11 is 0. The number of H-pyrrole nitrogens is 1. The predicted molar refractivity (Wildman–Crippen MR) is 116 cm³/mol. The Morgan fingerprint density at radius 1 is 1.00 bits per heavy atom. The largest absolute Gasteiger partial charge is 0.338 e. The van der Waals surface area contributed by atoms with E-state index in [1.165, 1.54) is 22.9 Å². The van der Waals surface area contributed by atoms with Crippen LogP contribution in [0.15, 0.2) is 72.8 Å². The average molecular weight is 399 g/mol. The summed E-state index contributed by atoms with van der Waals surface area (Å²) in [6, 6.07) is 22.5. The van der Waals surface area contributed by atoms with Gasteiger partial charge in [0.25, 0.3) is 5.91 Å². The van der Waals surface area contributed by atoms with Crippen molar-refractivity contribution in [1.82, 2.24) is 15.1 Å². The number of aromatic amines is 1. The molecule has 0 unspecified atom stereocenters. The molecule has 1 atom stereocenters. The van der Waals surface area contributed by atoms with Crippen molar-refractivity contribution >= 4 is 16.7 Å². The molecule has 1 N–H and O–H groups in total. The maximum atomic E-state index is 13.2. The zero-order valence-electron chi connectivity index (χ0n) is 16.5. The van der Waals surface area contributed by atoms with Gasteiger partial charge in [0.05, 0.1) is 5.69 Å². The van der Waals surface area contributed by atoms with E-state index in [0.29, 0.717) is 12.1 Å². The second kappa shape index (κ2) is 7.75. The fourth-order valence-electron chi connectivity index (χ4n) is 4.23. The predicted octanol–water partition coefficient (Wildman–Crippen LogP) is 5.39. The zero-order chi connectivity index (χ0) is 20.5. The van der Waals surface area contributed by atoms with E-state index in [-0.39, 0.29) is 17.6 Å². The minimum absolute atomic E-state index is 0.0473. The molecule has 0 aliphatic carbocycles. The number of piperidine rings is 1. The average Bonchev–Trinajstić information content (AvgIpc) is 3.29. The van der Waals surface area contributed by atoms with Crippen LogP contribution >= 0.6 is 0 Å². The molecular formula is C25H22FN3O. The van der Waals surface area contributed by atoms with Crippen LogP contribution in [0, 0.1) is 5.82 Å². The number of fused-ring (bicyclic) bond motifs is 1. The number of amides is 1. The van der Waals surface area contributed by atoms with Crippen molar-refractivity contribution in [3.05, 3.63) is 89.9 Å². The van der Waals surface area contributed by atoms with E-state index in [4.69, 9.17) is 0 Å². The summed E-state index contributed by atoms with van der Waals surface area (Å²) < 4.78 is 13.2. The minimum atomic E-state index is -0.332. The summed E-state index contributed by atoms with van der Waals surface area (Å²) in [5, 5.41) is 10.1. The Kier molecular flexibility index (Phi) is 4.79. The van der Waals surface area contributed by atoms with Gasteiger partial charge in [0.1, 0.15) is 5.82 Å². The first-order chi connectivity index (χ1) is 14.7. The number of nitrogens with one attached hydrogen (secondary N) is 1. The molecule has 30 heavy (non-hydrogen) atoms. The van der Waals surface area contributed by atoms with Gasteiger partial charge in [0.15, 0.2) is 0 Å². The Balaban J connectivity index is 1.35. The lowest BCUT2D eigenvalue weighted by Gasteiger charge is -2.32. The van der Waals surface area contributed by atoms with Gasteiger partial charge in [-0.15, -0.1) is 0 Å². The number of aromatic nitrogens is 2. The minimum Gasteiger partial charge on any atom is -0.338 e. The smallest absolute Gasteiger partial charge is 0.253 e. The number of halogens is 1. The van der Waals surface area contributed by atoms with E-state index in [0.717, 1.165) is 36.3 Å². The quantitative estimate of drug-likeness (QED) is 0.502. The Morgan fingerprint density at radius 2 is 1.80 bits per heavy atom. The third-order valence-corrected chi connectivity index (χ3v) is 5.88. The molecule has 5 rings (SSSR count). The summed E-state index contributed by atoms with van der Waals surface area (Å²) in [7, 11) is 0. The van der Waals surface area contributed by atoms with Crippen molar-refractivity contribution < 1.29 is 9.18 Å². The summed E-state index contributed by atoms with van der Waals surface area (Å²) in [6.07, 6.45) is 1.94. The van der Waals surface area contributed by atoms with E-state index in [2.05, 4.69) is 46.6 Å². The number of benzene rings is 3. The summed E-state index contributed by atoms with van der Waals surface area (Å²) in [4.78, 5) is 14.7. The highest BCUT2D eigenvalue weighted by Crippen LogP contribution is 2.30. The zero-order valence-corrected chi connectivity index (χ0v) is 16.5. The number of likely N-dealkylation sites (tertiary alicyclic amines) is 1. The highest BCUT2D eigenvalue weighted by molar-refractivity contribution is 5.94. The van der Waals surface area contributed by atoms with E-state index in [9.17, 15) is 9.18 Å². The lowest BCUT2D eigenvalue weighted by Crippen LogP contribution is -2.39. The van der Waals surface area contributed by atoms with Gasteiger partial charge in [-0.2, -0.15) is 5.10 Å². The summed E-state index contributed by atoms with van der Waals surface area (Å²) in [5.74, 6) is -0.166. The van der Waals surface area contributed by atoms with Crippen LogP contribution in [0.2, 0.25) is 0 Å². The van der Waals surface area contributed by atoms with Crippen molar-refractivity contribution in [2.24, 2.45) is 0 Å². The van der Waals surface area contributed by atoms with Gasteiger partial charge in [0.2, 0.25) is 0 Å². The second-order valence-electron chi connectivity index (χ2n) is 7.87. The first-order valence-corrected chi connectivity index (χ1v) is 10.3. The van der Waals surface area contributed by atoms with Crippen LogP contribution in [-0.4, -0.2) is 34.1 Å². The van der Waals surface area contributed by atoms with Gasteiger partial charge in [-0.05, 0) is 60.0 Å². The van der Waals surface area contributed by atoms with Crippen LogP contribution in [0.4, 0.5) is 4.39 Å². The SMILES string of the molecule is O=C(c1ccc(F)cc1)N1CCC[C@H](c2cc(-c3ccc4ccccc4c3)n[nH]2)C1. The molecule has 3 aromatic carbocycles. The summed E-state index contributed by atoms with van der Waals surface area (Å²) in [6.45, 7) is 1.36. The normalized spacial score (nSPS) is 16.7. The number of hydrogen-bond acceptors (Lipinski definition) is 2. The van der Waals surface area contributed by atoms with Crippen LogP contribution in [0.5, 0.6) is 0 Å². The molecule has 1 saturated heterocycles. The lowest BCUT2D eigenvalue weighted by atomic mass is 9.93. The molecule has 0 saturated carbocycles. The van der Waals surface area contributed by atoms with Crippen LogP contribution < -0.4 is 0 Å². The van der Waals surface area contributed by atoms with Crippen molar-refractivity contribution in [2.75, 3.05) is 13.1 Å². The van der Waals surface area contributed by atoms with Gasteiger partial charge >= 0.3 is 0 Å². The van der Waals surface area contributed by atoms with Crippen molar-refractivity contribution in [3.8, 4) is 11.3 Å². The molecule has 1 aromatic heterocycles. The molecule has 150 valence electrons. The molecule has 2 heterocycles. The first kappa shape index (κ1) is 18.6. The Bertz CT molecular complexity index is 1200. The molecule has 0 bridgehead atoms. The van der Waals surface area contributed by atoms with Crippen LogP contribution in [-0.2, 0) is 0 Å². The number of nitrogens with zero attached hydrogens (tertiary/aromatic N) is 2. The Labute approximate surface area is 174 Å². The van der Waals surface area contributed by atoms with E-state index < -0.39 is 0 Å². The number of carbonyl (C=O) groups is 1. The molecule has 4 aromatic rings. The van der Waals surface area contributed by atoms with Gasteiger partial charge in [-0.25, -0.2) is 4.39 Å². The van der Waals surface area contributed by atoms with Crippen molar-refractivity contribution in [2.45, 2.75) is 18.8 Å². The maximum Gasteiger partial charge on any atom is 0.253 e. The monoisotopic (exact) mass is 399 g/mol. The van der Waals surface area contributed by atoms with E-state index in [1.807, 2.05) is 17.0 Å². The van der Waals surface area contributed by atoms with Crippen LogP contribution in [0.25, 0.3) is 22.0 Å². The maximum absolute atomic E-state index is 13.2. The molecule has 1 amide bonds. The number of rotatable bonds is 3. The molecule has 1 aliphatic rings. The van der Waals surface area contributed by atoms with E-state index in [1.54, 1.807) is 12.1 Å². The van der Waals surface area contributed by atoms with Crippen LogP contribution in [0.3, 0.4) is 0 Å². The molecule has 0 radical (unpaired) electrons. The Morgan fingerprint density at radius 3 is 2.63 bits per heavy atom. The standard InChI is InChI=1S/C25H22FN3O/c26-22-11-9-18(10-12-22)25(30)29-13-3-6-21(16-29)24-15-23(27-28-24)20-8-7-17-4-1-2-5-19(17)14-20/h1-2,4-5,7-12,14-15,21H,3,6,13,16H2,(H,27,28)/t21-/m0/s1. The summed E-state index contributed by atoms with van der Waals surface area (Å²) in [5.41, 5.74) is 3.57. The van der Waals surface area contributed by atoms with Gasteiger partial charge in [0, 0.05) is 35.8 Å². The topological polar surface area (TPSA) is 49.0 Å². The van der Waals surface area contributed by atoms with Crippen LogP contribution in [0.1, 0.15) is 34.8 Å². The molecular weight excluding hydrogens is 377 g/mol. The van der Waals surface area contributed by atoms with Gasteiger partial charge < -0.3 is 4.90 Å². The fraction of sp³-hybridized carbons (Fsp3) is 0.200. The number of carbonyl (C=O) groups excluding carboxylic acids is 1. The molecule has 1 aliphatic heterocycles. The fourth-order valence-corrected chi connectivity index (χ4v) is 4.23. The molecule has 5 heteroatoms. The van der Waals surface area contributed by atoms with Crippen molar-refractivity contribution in [3.63, 3.8) is 0 Å². The van der Waals surface area contributed by atoms with E-state index >= 15 is 0 Å². The molecule has 0 spiro atoms. The number of hydrogen-bond donors (Lipinski definition) is 1. The third-order valence-electron chi connectivity index (χ3n) is 5.88. The highest BCUT2D eigenvalue weighted by Gasteiger charge is 2.27. The highest BCUT2D eigenvalue weighted by atomic mass is 19.1. The molecule has 4 nitrogen and oxygen atoms in total. The second-order valence-corrected chi connectivity index (χ2v) is 7.87. The first-order valence-electron chi connectivity index (χ1n) is 10.3. The van der Waals surface area contributed by atoms with Gasteiger partial charge in [-0.1, -0.05) is 36.4 Å². The third kappa shape index (κ3) is 3.59. The van der Waals surface area contributed by atoms with Gasteiger partial charge in [-0.3, -0.25) is 9.89 Å². The lowest BCUT2D eigenvalue weighted by molar-refractivity contribution is 0.0706. The molecule has 1 fully saturated rings. The Hall–Kier alpha value is -3.47. The van der Waals surface area contributed by atoms with Crippen molar-refractivity contribution in [1.29, 1.82) is 0 Å².